The van der Waals surface area contributed by atoms with E-state index in [0.29, 0.717) is 17.9 Å². The number of ether oxygens (including phenoxy) is 1. The number of rotatable bonds is 5. The molecule has 1 N–H and O–H groups in total. The Kier molecular flexibility index (Phi) is 5.23. The van der Waals surface area contributed by atoms with Crippen LogP contribution in [0.3, 0.4) is 0 Å². The van der Waals surface area contributed by atoms with Gasteiger partial charge in [0.15, 0.2) is 0 Å². The van der Waals surface area contributed by atoms with E-state index in [1.807, 2.05) is 6.20 Å². The molecule has 2 aliphatic rings. The number of pyridine rings is 1. The van der Waals surface area contributed by atoms with Gasteiger partial charge in [-0.3, -0.25) is 0 Å². The fraction of sp³-hybridized carbons (Fsp3) is 0.500. The maximum atomic E-state index is 5.61. The molecule has 26 heavy (non-hydrogen) atoms. The molecule has 0 bridgehead atoms. The molecule has 0 unspecified atom stereocenters. The minimum atomic E-state index is 0.282. The molecule has 4 rings (SSSR count). The summed E-state index contributed by atoms with van der Waals surface area (Å²) in [4.78, 5) is 6.98. The van der Waals surface area contributed by atoms with Crippen molar-refractivity contribution in [1.82, 2.24) is 10.3 Å². The van der Waals surface area contributed by atoms with Crippen LogP contribution in [0.4, 0.5) is 5.82 Å². The summed E-state index contributed by atoms with van der Waals surface area (Å²) in [6.07, 6.45) is 3.52. The van der Waals surface area contributed by atoms with Crippen LogP contribution >= 0.6 is 0 Å². The Hall–Kier alpha value is -1.91. The van der Waals surface area contributed by atoms with E-state index in [-0.39, 0.29) is 6.10 Å². The molecule has 0 amide bonds. The third kappa shape index (κ3) is 3.76. The maximum Gasteiger partial charge on any atom is 0.128 e. The van der Waals surface area contributed by atoms with Crippen LogP contribution in [-0.2, 0) is 11.3 Å². The van der Waals surface area contributed by atoms with Gasteiger partial charge in [-0.1, -0.05) is 43.3 Å². The lowest BCUT2D eigenvalue weighted by Gasteiger charge is -2.44. The topological polar surface area (TPSA) is 37.4 Å². The highest BCUT2D eigenvalue weighted by Gasteiger charge is 2.37. The van der Waals surface area contributed by atoms with Crippen molar-refractivity contribution >= 4 is 5.82 Å². The second kappa shape index (κ2) is 7.77. The van der Waals surface area contributed by atoms with Gasteiger partial charge in [0.2, 0.25) is 0 Å². The molecule has 138 valence electrons. The van der Waals surface area contributed by atoms with Crippen LogP contribution in [0.5, 0.6) is 0 Å². The smallest absolute Gasteiger partial charge is 0.128 e. The first-order chi connectivity index (χ1) is 12.7. The van der Waals surface area contributed by atoms with Gasteiger partial charge < -0.3 is 15.0 Å². The molecule has 1 saturated heterocycles. The number of morpholine rings is 1. The Labute approximate surface area is 156 Å². The molecule has 1 aliphatic carbocycles. The predicted octanol–water partition coefficient (Wildman–Crippen LogP) is 3.59. The molecule has 0 spiro atoms. The number of nitrogens with one attached hydrogen (secondary N) is 1. The first-order valence-corrected chi connectivity index (χ1v) is 9.80. The zero-order chi connectivity index (χ0) is 17.9. The average Bonchev–Trinajstić information content (AvgIpc) is 2.68. The van der Waals surface area contributed by atoms with Crippen LogP contribution < -0.4 is 10.2 Å². The van der Waals surface area contributed by atoms with Crippen molar-refractivity contribution < 1.29 is 4.74 Å². The summed E-state index contributed by atoms with van der Waals surface area (Å²) in [5.41, 5.74) is 2.73. The van der Waals surface area contributed by atoms with Gasteiger partial charge in [-0.25, -0.2) is 4.98 Å². The van der Waals surface area contributed by atoms with Gasteiger partial charge >= 0.3 is 0 Å². The molecule has 1 saturated carbocycles. The molecule has 0 radical (unpaired) electrons. The fourth-order valence-electron chi connectivity index (χ4n) is 4.18. The monoisotopic (exact) mass is 351 g/mol. The lowest BCUT2D eigenvalue weighted by Crippen LogP contribution is -2.47. The molecule has 4 nitrogen and oxygen atoms in total. The van der Waals surface area contributed by atoms with Gasteiger partial charge in [-0.2, -0.15) is 0 Å². The summed E-state index contributed by atoms with van der Waals surface area (Å²) in [7, 11) is 0. The van der Waals surface area contributed by atoms with E-state index >= 15 is 0 Å². The molecule has 2 fully saturated rings. The van der Waals surface area contributed by atoms with Crippen LogP contribution in [0.1, 0.15) is 37.3 Å². The minimum absolute atomic E-state index is 0.282. The largest absolute Gasteiger partial charge is 0.375 e. The zero-order valence-corrected chi connectivity index (χ0v) is 15.8. The van der Waals surface area contributed by atoms with Crippen molar-refractivity contribution in [2.45, 2.75) is 44.9 Å². The van der Waals surface area contributed by atoms with Crippen LogP contribution in [0.2, 0.25) is 0 Å². The standard InChI is InChI=1S/C22H29N3O/c1-16-15-25(10-11-26-16)22-9-8-18(14-24-22)13-23-21-12-20(17(21)2)19-6-4-3-5-7-19/h3-9,14,16-17,20-21,23H,10-13,15H2,1-2H3/t16-,17+,20+,21-/m1/s1. The second-order valence-corrected chi connectivity index (χ2v) is 7.75. The number of hydrogen-bond acceptors (Lipinski definition) is 4. The van der Waals surface area contributed by atoms with Crippen molar-refractivity contribution in [3.63, 3.8) is 0 Å². The number of nitrogens with zero attached hydrogens (tertiary/aromatic N) is 2. The van der Waals surface area contributed by atoms with Gasteiger partial charge in [-0.15, -0.1) is 0 Å². The Morgan fingerprint density at radius 3 is 2.69 bits per heavy atom. The van der Waals surface area contributed by atoms with Crippen LogP contribution in [-0.4, -0.2) is 36.8 Å². The van der Waals surface area contributed by atoms with E-state index in [9.17, 15) is 0 Å². The maximum absolute atomic E-state index is 5.61. The van der Waals surface area contributed by atoms with E-state index in [1.54, 1.807) is 0 Å². The lowest BCUT2D eigenvalue weighted by molar-refractivity contribution is 0.0529. The Balaban J connectivity index is 1.28. The highest BCUT2D eigenvalue weighted by Crippen LogP contribution is 2.42. The van der Waals surface area contributed by atoms with Crippen LogP contribution in [0, 0.1) is 5.92 Å². The predicted molar refractivity (Wildman–Crippen MR) is 105 cm³/mol. The quantitative estimate of drug-likeness (QED) is 0.893. The van der Waals surface area contributed by atoms with Crippen molar-refractivity contribution in [1.29, 1.82) is 0 Å². The first kappa shape index (κ1) is 17.5. The lowest BCUT2D eigenvalue weighted by atomic mass is 9.67. The van der Waals surface area contributed by atoms with Crippen molar-refractivity contribution in [2.24, 2.45) is 5.92 Å². The SMILES string of the molecule is C[C@H]1[C@@H](c2ccccc2)C[C@H]1NCc1ccc(N2CCO[C@H](C)C2)nc1. The number of benzene rings is 1. The van der Waals surface area contributed by atoms with Gasteiger partial charge in [0, 0.05) is 31.9 Å². The van der Waals surface area contributed by atoms with Crippen molar-refractivity contribution in [2.75, 3.05) is 24.6 Å². The van der Waals surface area contributed by atoms with Gasteiger partial charge in [0.05, 0.1) is 12.7 Å². The van der Waals surface area contributed by atoms with Gasteiger partial charge in [-0.05, 0) is 42.4 Å². The Bertz CT molecular complexity index is 703. The molecule has 1 aromatic carbocycles. The molecular weight excluding hydrogens is 322 g/mol. The fourth-order valence-corrected chi connectivity index (χ4v) is 4.18. The summed E-state index contributed by atoms with van der Waals surface area (Å²) in [6, 6.07) is 15.8. The summed E-state index contributed by atoms with van der Waals surface area (Å²) in [5.74, 6) is 2.43. The summed E-state index contributed by atoms with van der Waals surface area (Å²) in [6.45, 7) is 8.00. The van der Waals surface area contributed by atoms with Crippen molar-refractivity contribution in [3.05, 3.63) is 59.8 Å². The molecule has 4 heteroatoms. The number of hydrogen-bond donors (Lipinski definition) is 1. The summed E-state index contributed by atoms with van der Waals surface area (Å²) >= 11 is 0. The molecule has 1 aromatic heterocycles. The van der Waals surface area contributed by atoms with E-state index in [4.69, 9.17) is 4.74 Å². The molecule has 4 atom stereocenters. The Morgan fingerprint density at radius 2 is 2.00 bits per heavy atom. The van der Waals surface area contributed by atoms with Gasteiger partial charge in [0.25, 0.3) is 0 Å². The van der Waals surface area contributed by atoms with E-state index in [0.717, 1.165) is 32.1 Å². The third-order valence-corrected chi connectivity index (χ3v) is 5.95. The number of anilines is 1. The van der Waals surface area contributed by atoms with E-state index in [2.05, 4.69) is 71.5 Å². The number of aromatic nitrogens is 1. The highest BCUT2D eigenvalue weighted by atomic mass is 16.5. The molecule has 2 aromatic rings. The minimum Gasteiger partial charge on any atom is -0.375 e. The Morgan fingerprint density at radius 1 is 1.15 bits per heavy atom. The van der Waals surface area contributed by atoms with Crippen LogP contribution in [0.15, 0.2) is 48.7 Å². The van der Waals surface area contributed by atoms with E-state index in [1.165, 1.54) is 17.5 Å². The van der Waals surface area contributed by atoms with Crippen LogP contribution in [0.25, 0.3) is 0 Å². The normalized spacial score (nSPS) is 28.6. The van der Waals surface area contributed by atoms with Gasteiger partial charge in [0.1, 0.15) is 5.82 Å². The third-order valence-electron chi connectivity index (χ3n) is 5.95. The van der Waals surface area contributed by atoms with Crippen molar-refractivity contribution in [3.8, 4) is 0 Å². The molecule has 2 heterocycles. The highest BCUT2D eigenvalue weighted by molar-refractivity contribution is 5.40. The summed E-state index contributed by atoms with van der Waals surface area (Å²) < 4.78 is 5.61. The zero-order valence-electron chi connectivity index (χ0n) is 15.8. The second-order valence-electron chi connectivity index (χ2n) is 7.75. The molecular formula is C22H29N3O. The van der Waals surface area contributed by atoms with E-state index < -0.39 is 0 Å². The molecule has 1 aliphatic heterocycles. The first-order valence-electron chi connectivity index (χ1n) is 9.80. The average molecular weight is 351 g/mol. The summed E-state index contributed by atoms with van der Waals surface area (Å²) in [5, 5.41) is 3.72.